The van der Waals surface area contributed by atoms with E-state index < -0.39 is 0 Å². The van der Waals surface area contributed by atoms with Crippen LogP contribution in [0.3, 0.4) is 0 Å². The number of fused-ring (bicyclic) bond motifs is 1. The first kappa shape index (κ1) is 18.1. The number of nitrogens with zero attached hydrogens (tertiary/aromatic N) is 1. The molecule has 29 heavy (non-hydrogen) atoms. The van der Waals surface area contributed by atoms with Crippen LogP contribution in [0.15, 0.2) is 60.0 Å². The average Bonchev–Trinajstić information content (AvgIpc) is 3.48. The molecule has 1 fully saturated rings. The molecule has 8 heteroatoms. The largest absolute Gasteiger partial charge is 0.454 e. The van der Waals surface area contributed by atoms with Crippen LogP contribution in [0.2, 0.25) is 0 Å². The van der Waals surface area contributed by atoms with Gasteiger partial charge in [0.2, 0.25) is 12.7 Å². The third-order valence-electron chi connectivity index (χ3n) is 4.68. The number of hydrogen-bond donors (Lipinski definition) is 1. The van der Waals surface area contributed by atoms with Gasteiger partial charge in [-0.1, -0.05) is 18.2 Å². The molecule has 0 bridgehead atoms. The molecule has 1 unspecified atom stereocenters. The first-order valence-corrected chi connectivity index (χ1v) is 10.9. The second kappa shape index (κ2) is 7.46. The summed E-state index contributed by atoms with van der Waals surface area (Å²) in [5.74, 6) is 1.61. The van der Waals surface area contributed by atoms with E-state index in [9.17, 15) is 9.59 Å². The Labute approximate surface area is 175 Å². The Morgan fingerprint density at radius 3 is 2.83 bits per heavy atom. The third-order valence-corrected chi connectivity index (χ3v) is 6.76. The van der Waals surface area contributed by atoms with Crippen LogP contribution in [-0.2, 0) is 4.79 Å². The van der Waals surface area contributed by atoms with Crippen LogP contribution in [0.5, 0.6) is 11.5 Å². The molecule has 6 nitrogen and oxygen atoms in total. The Hall–Kier alpha value is -2.97. The summed E-state index contributed by atoms with van der Waals surface area (Å²) >= 11 is 2.96. The molecule has 0 radical (unpaired) electrons. The van der Waals surface area contributed by atoms with E-state index in [1.54, 1.807) is 22.7 Å². The normalized spacial score (nSPS) is 17.6. The predicted molar refractivity (Wildman–Crippen MR) is 114 cm³/mol. The van der Waals surface area contributed by atoms with Gasteiger partial charge in [-0.2, -0.15) is 0 Å². The maximum Gasteiger partial charge on any atom is 0.265 e. The molecule has 2 aliphatic heterocycles. The number of carbonyl (C=O) groups excluding carboxylic acids is 2. The number of anilines is 2. The van der Waals surface area contributed by atoms with E-state index in [0.717, 1.165) is 11.3 Å². The van der Waals surface area contributed by atoms with Gasteiger partial charge in [-0.05, 0) is 41.3 Å². The molecule has 2 aliphatic rings. The molecule has 3 aromatic rings. The van der Waals surface area contributed by atoms with Crippen molar-refractivity contribution in [2.24, 2.45) is 0 Å². The quantitative estimate of drug-likeness (QED) is 0.668. The second-order valence-electron chi connectivity index (χ2n) is 6.52. The fourth-order valence-electron chi connectivity index (χ4n) is 3.36. The maximum absolute atomic E-state index is 12.6. The lowest BCUT2D eigenvalue weighted by Gasteiger charge is -2.25. The molecular formula is C21H16N2O4S2. The van der Waals surface area contributed by atoms with Gasteiger partial charge in [0.15, 0.2) is 11.5 Å². The van der Waals surface area contributed by atoms with E-state index >= 15 is 0 Å². The molecule has 1 N–H and O–H groups in total. The Morgan fingerprint density at radius 2 is 1.97 bits per heavy atom. The fourth-order valence-corrected chi connectivity index (χ4v) is 5.14. The van der Waals surface area contributed by atoms with Gasteiger partial charge in [-0.25, -0.2) is 0 Å². The van der Waals surface area contributed by atoms with Crippen LogP contribution in [0, 0.1) is 0 Å². The van der Waals surface area contributed by atoms with Crippen molar-refractivity contribution in [2.45, 2.75) is 5.37 Å². The van der Waals surface area contributed by atoms with Crippen LogP contribution in [0.1, 0.15) is 20.6 Å². The summed E-state index contributed by atoms with van der Waals surface area (Å²) in [7, 11) is 0. The zero-order valence-corrected chi connectivity index (χ0v) is 16.8. The molecule has 5 rings (SSSR count). The second-order valence-corrected chi connectivity index (χ2v) is 8.54. The van der Waals surface area contributed by atoms with Crippen molar-refractivity contribution in [1.82, 2.24) is 0 Å². The van der Waals surface area contributed by atoms with Gasteiger partial charge in [0, 0.05) is 17.4 Å². The molecule has 0 spiro atoms. The summed E-state index contributed by atoms with van der Waals surface area (Å²) in [5.41, 5.74) is 2.41. The highest BCUT2D eigenvalue weighted by atomic mass is 32.2. The Morgan fingerprint density at radius 1 is 1.07 bits per heavy atom. The summed E-state index contributed by atoms with van der Waals surface area (Å²) < 4.78 is 10.8. The number of amides is 2. The van der Waals surface area contributed by atoms with Crippen molar-refractivity contribution in [3.8, 4) is 11.5 Å². The number of ether oxygens (including phenoxy) is 2. The monoisotopic (exact) mass is 424 g/mol. The lowest BCUT2D eigenvalue weighted by atomic mass is 10.1. The third kappa shape index (κ3) is 3.45. The molecule has 1 saturated heterocycles. The highest BCUT2D eigenvalue weighted by Crippen LogP contribution is 2.45. The van der Waals surface area contributed by atoms with Gasteiger partial charge >= 0.3 is 0 Å². The zero-order chi connectivity index (χ0) is 19.8. The number of thiophene rings is 1. The molecule has 3 heterocycles. The minimum atomic E-state index is -0.179. The summed E-state index contributed by atoms with van der Waals surface area (Å²) in [5, 5.41) is 4.62. The van der Waals surface area contributed by atoms with Crippen LogP contribution < -0.4 is 19.7 Å². The van der Waals surface area contributed by atoms with E-state index in [2.05, 4.69) is 5.32 Å². The first-order valence-electron chi connectivity index (χ1n) is 8.97. The number of thioether (sulfide) groups is 1. The van der Waals surface area contributed by atoms with E-state index in [-0.39, 0.29) is 24.0 Å². The number of rotatable bonds is 4. The SMILES string of the molecule is O=C(Nc1cccc(C2SCC(=O)N2c2ccc3c(c2)OCO3)c1)c1cccs1. The minimum absolute atomic E-state index is 0.0342. The highest BCUT2D eigenvalue weighted by molar-refractivity contribution is 8.00. The van der Waals surface area contributed by atoms with Crippen LogP contribution in [-0.4, -0.2) is 24.4 Å². The minimum Gasteiger partial charge on any atom is -0.454 e. The van der Waals surface area contributed by atoms with Gasteiger partial charge in [0.05, 0.1) is 10.6 Å². The van der Waals surface area contributed by atoms with E-state index in [1.807, 2.05) is 53.9 Å². The lowest BCUT2D eigenvalue weighted by molar-refractivity contribution is -0.115. The van der Waals surface area contributed by atoms with Crippen molar-refractivity contribution in [1.29, 1.82) is 0 Å². The number of carbonyl (C=O) groups is 2. The zero-order valence-electron chi connectivity index (χ0n) is 15.2. The number of hydrogen-bond acceptors (Lipinski definition) is 6. The predicted octanol–water partition coefficient (Wildman–Crippen LogP) is 4.51. The van der Waals surface area contributed by atoms with Gasteiger partial charge in [-0.3, -0.25) is 14.5 Å². The van der Waals surface area contributed by atoms with E-state index in [0.29, 0.717) is 27.8 Å². The van der Waals surface area contributed by atoms with Crippen molar-refractivity contribution in [2.75, 3.05) is 22.8 Å². The molecule has 2 aromatic carbocycles. The van der Waals surface area contributed by atoms with Crippen LogP contribution in [0.25, 0.3) is 0 Å². The lowest BCUT2D eigenvalue weighted by Crippen LogP contribution is -2.27. The topological polar surface area (TPSA) is 67.9 Å². The van der Waals surface area contributed by atoms with Crippen LogP contribution >= 0.6 is 23.1 Å². The Balaban J connectivity index is 1.42. The van der Waals surface area contributed by atoms with Crippen molar-refractivity contribution in [3.05, 3.63) is 70.4 Å². The van der Waals surface area contributed by atoms with Gasteiger partial charge in [0.25, 0.3) is 5.91 Å². The van der Waals surface area contributed by atoms with Gasteiger partial charge in [-0.15, -0.1) is 23.1 Å². The van der Waals surface area contributed by atoms with Gasteiger partial charge in [0.1, 0.15) is 5.37 Å². The van der Waals surface area contributed by atoms with Crippen molar-refractivity contribution < 1.29 is 19.1 Å². The summed E-state index contributed by atoms with van der Waals surface area (Å²) in [6.07, 6.45) is 0. The molecule has 0 aliphatic carbocycles. The summed E-state index contributed by atoms with van der Waals surface area (Å²) in [6.45, 7) is 0.191. The first-order chi connectivity index (χ1) is 14.2. The van der Waals surface area contributed by atoms with E-state index in [4.69, 9.17) is 9.47 Å². The summed E-state index contributed by atoms with van der Waals surface area (Å²) in [4.78, 5) is 27.4. The highest BCUT2D eigenvalue weighted by Gasteiger charge is 2.35. The molecule has 1 atom stereocenters. The Kier molecular flexibility index (Phi) is 4.65. The molecular weight excluding hydrogens is 408 g/mol. The fraction of sp³-hybridized carbons (Fsp3) is 0.143. The van der Waals surface area contributed by atoms with E-state index in [1.165, 1.54) is 11.3 Å². The summed E-state index contributed by atoms with van der Waals surface area (Å²) in [6, 6.07) is 16.8. The molecule has 2 amide bonds. The molecule has 0 saturated carbocycles. The van der Waals surface area contributed by atoms with Crippen molar-refractivity contribution in [3.63, 3.8) is 0 Å². The standard InChI is InChI=1S/C21H16N2O4S2/c24-19-11-29-21(23(19)15-6-7-16-17(10-15)27-12-26-16)13-3-1-4-14(9-13)22-20(25)18-5-2-8-28-18/h1-10,21H,11-12H2,(H,22,25). The maximum atomic E-state index is 12.6. The van der Waals surface area contributed by atoms with Gasteiger partial charge < -0.3 is 14.8 Å². The number of nitrogens with one attached hydrogen (secondary N) is 1. The number of benzene rings is 2. The molecule has 1 aromatic heterocycles. The molecule has 146 valence electrons. The Bertz CT molecular complexity index is 1080. The smallest absolute Gasteiger partial charge is 0.265 e. The average molecular weight is 425 g/mol. The van der Waals surface area contributed by atoms with Crippen LogP contribution in [0.4, 0.5) is 11.4 Å². The van der Waals surface area contributed by atoms with Crippen molar-refractivity contribution >= 4 is 46.3 Å².